The smallest absolute Gasteiger partial charge is 0.255 e. The number of halogens is 2. The zero-order chi connectivity index (χ0) is 13.2. The summed E-state index contributed by atoms with van der Waals surface area (Å²) in [7, 11) is 0. The summed E-state index contributed by atoms with van der Waals surface area (Å²) < 4.78 is 1.23. The van der Waals surface area contributed by atoms with Gasteiger partial charge in [-0.25, -0.2) is 0 Å². The third-order valence-corrected chi connectivity index (χ3v) is 3.67. The fourth-order valence-electron chi connectivity index (χ4n) is 1.20. The number of amides is 1. The average molecular weight is 365 g/mol. The SMILES string of the molecule is CCC(C)(C)NC(=O)c1cc(Br)cc(Br)c1O. The monoisotopic (exact) mass is 363 g/mol. The number of carbonyl (C=O) groups excluding carboxylic acids is 1. The maximum atomic E-state index is 12.0. The molecule has 5 heteroatoms. The van der Waals surface area contributed by atoms with Crippen LogP contribution in [0.15, 0.2) is 21.1 Å². The lowest BCUT2D eigenvalue weighted by Gasteiger charge is -2.24. The van der Waals surface area contributed by atoms with E-state index in [4.69, 9.17) is 0 Å². The summed E-state index contributed by atoms with van der Waals surface area (Å²) in [5.74, 6) is -0.325. The van der Waals surface area contributed by atoms with Crippen LogP contribution in [-0.2, 0) is 0 Å². The minimum atomic E-state index is -0.293. The highest BCUT2D eigenvalue weighted by atomic mass is 79.9. The van der Waals surface area contributed by atoms with Crippen molar-refractivity contribution in [1.29, 1.82) is 0 Å². The van der Waals surface area contributed by atoms with E-state index in [1.807, 2.05) is 20.8 Å². The van der Waals surface area contributed by atoms with Crippen LogP contribution in [0.1, 0.15) is 37.6 Å². The van der Waals surface area contributed by atoms with Gasteiger partial charge in [0.25, 0.3) is 5.91 Å². The van der Waals surface area contributed by atoms with Gasteiger partial charge in [0.1, 0.15) is 5.75 Å². The lowest BCUT2D eigenvalue weighted by atomic mass is 10.0. The number of benzene rings is 1. The highest BCUT2D eigenvalue weighted by molar-refractivity contribution is 9.11. The first-order chi connectivity index (χ1) is 7.76. The minimum absolute atomic E-state index is 0.0439. The second-order valence-corrected chi connectivity index (χ2v) is 6.25. The molecule has 0 bridgehead atoms. The molecular weight excluding hydrogens is 350 g/mol. The zero-order valence-corrected chi connectivity index (χ0v) is 13.1. The molecule has 1 aromatic carbocycles. The quantitative estimate of drug-likeness (QED) is 0.856. The predicted octanol–water partition coefficient (Wildman–Crippen LogP) is 3.84. The molecule has 1 rings (SSSR count). The van der Waals surface area contributed by atoms with Crippen molar-refractivity contribution in [3.8, 4) is 5.75 Å². The van der Waals surface area contributed by atoms with Gasteiger partial charge in [0.05, 0.1) is 10.0 Å². The van der Waals surface area contributed by atoms with Gasteiger partial charge in [-0.1, -0.05) is 22.9 Å². The molecule has 0 saturated carbocycles. The number of rotatable bonds is 3. The largest absolute Gasteiger partial charge is 0.506 e. The predicted molar refractivity (Wildman–Crippen MR) is 75.3 cm³/mol. The second-order valence-electron chi connectivity index (χ2n) is 4.48. The number of phenolic OH excluding ortho intramolecular Hbond substituents is 1. The van der Waals surface area contributed by atoms with Crippen molar-refractivity contribution in [3.63, 3.8) is 0 Å². The van der Waals surface area contributed by atoms with Crippen molar-refractivity contribution in [2.45, 2.75) is 32.7 Å². The lowest BCUT2D eigenvalue weighted by molar-refractivity contribution is 0.0908. The van der Waals surface area contributed by atoms with Gasteiger partial charge >= 0.3 is 0 Å². The van der Waals surface area contributed by atoms with E-state index >= 15 is 0 Å². The van der Waals surface area contributed by atoms with E-state index in [0.29, 0.717) is 4.47 Å². The van der Waals surface area contributed by atoms with Crippen LogP contribution in [0.4, 0.5) is 0 Å². The molecule has 0 atom stereocenters. The fourth-order valence-corrected chi connectivity index (χ4v) is 2.43. The van der Waals surface area contributed by atoms with E-state index < -0.39 is 0 Å². The Balaban J connectivity index is 3.05. The number of nitrogens with one attached hydrogen (secondary N) is 1. The van der Waals surface area contributed by atoms with Gasteiger partial charge in [-0.3, -0.25) is 4.79 Å². The fraction of sp³-hybridized carbons (Fsp3) is 0.417. The van der Waals surface area contributed by atoms with E-state index in [2.05, 4.69) is 37.2 Å². The van der Waals surface area contributed by atoms with Crippen molar-refractivity contribution >= 4 is 37.8 Å². The van der Waals surface area contributed by atoms with Gasteiger partial charge in [0.2, 0.25) is 0 Å². The Morgan fingerprint density at radius 1 is 1.41 bits per heavy atom. The van der Waals surface area contributed by atoms with Gasteiger partial charge in [-0.05, 0) is 48.3 Å². The van der Waals surface area contributed by atoms with E-state index in [1.54, 1.807) is 12.1 Å². The van der Waals surface area contributed by atoms with Crippen LogP contribution >= 0.6 is 31.9 Å². The lowest BCUT2D eigenvalue weighted by Crippen LogP contribution is -2.42. The summed E-state index contributed by atoms with van der Waals surface area (Å²) in [5, 5.41) is 12.7. The molecule has 0 saturated heterocycles. The van der Waals surface area contributed by atoms with Crippen molar-refractivity contribution in [2.75, 3.05) is 0 Å². The van der Waals surface area contributed by atoms with Crippen LogP contribution in [0.2, 0.25) is 0 Å². The molecule has 0 radical (unpaired) electrons. The molecule has 0 aliphatic heterocycles. The van der Waals surface area contributed by atoms with Crippen molar-refractivity contribution in [1.82, 2.24) is 5.32 Å². The van der Waals surface area contributed by atoms with E-state index in [-0.39, 0.29) is 22.8 Å². The highest BCUT2D eigenvalue weighted by Crippen LogP contribution is 2.31. The summed E-state index contributed by atoms with van der Waals surface area (Å²) in [6.45, 7) is 5.88. The second kappa shape index (κ2) is 5.40. The standard InChI is InChI=1S/C12H15Br2NO2/c1-4-12(2,3)15-11(17)8-5-7(13)6-9(14)10(8)16/h5-6,16H,4H2,1-3H3,(H,15,17). The molecule has 0 fully saturated rings. The molecule has 1 amide bonds. The first-order valence-electron chi connectivity index (χ1n) is 5.27. The Hall–Kier alpha value is -0.550. The van der Waals surface area contributed by atoms with Crippen LogP contribution in [0.25, 0.3) is 0 Å². The van der Waals surface area contributed by atoms with Crippen LogP contribution in [0, 0.1) is 0 Å². The number of aromatic hydroxyl groups is 1. The zero-order valence-electron chi connectivity index (χ0n) is 9.97. The number of hydrogen-bond acceptors (Lipinski definition) is 2. The molecular formula is C12H15Br2NO2. The Morgan fingerprint density at radius 3 is 2.53 bits per heavy atom. The van der Waals surface area contributed by atoms with Crippen LogP contribution in [0.3, 0.4) is 0 Å². The molecule has 94 valence electrons. The molecule has 3 nitrogen and oxygen atoms in total. The molecule has 0 heterocycles. The topological polar surface area (TPSA) is 49.3 Å². The summed E-state index contributed by atoms with van der Waals surface area (Å²) in [5.41, 5.74) is -0.0361. The molecule has 1 aromatic rings. The Morgan fingerprint density at radius 2 is 2.00 bits per heavy atom. The molecule has 17 heavy (non-hydrogen) atoms. The normalized spacial score (nSPS) is 11.4. The van der Waals surface area contributed by atoms with Crippen LogP contribution in [0.5, 0.6) is 5.75 Å². The first kappa shape index (κ1) is 14.5. The minimum Gasteiger partial charge on any atom is -0.506 e. The summed E-state index contributed by atoms with van der Waals surface area (Å²) >= 11 is 6.49. The molecule has 2 N–H and O–H groups in total. The van der Waals surface area contributed by atoms with Crippen molar-refractivity contribution in [3.05, 3.63) is 26.6 Å². The van der Waals surface area contributed by atoms with Crippen LogP contribution < -0.4 is 5.32 Å². The maximum absolute atomic E-state index is 12.0. The molecule has 0 aliphatic carbocycles. The van der Waals surface area contributed by atoms with Crippen LogP contribution in [-0.4, -0.2) is 16.6 Å². The van der Waals surface area contributed by atoms with Gasteiger partial charge in [0, 0.05) is 10.0 Å². The summed E-state index contributed by atoms with van der Waals surface area (Å²) in [6, 6.07) is 3.29. The molecule has 0 aromatic heterocycles. The molecule has 0 spiro atoms. The van der Waals surface area contributed by atoms with E-state index in [9.17, 15) is 9.90 Å². The number of hydrogen-bond donors (Lipinski definition) is 2. The Kier molecular flexibility index (Phi) is 4.61. The molecule has 0 aliphatic rings. The van der Waals surface area contributed by atoms with Gasteiger partial charge in [-0.15, -0.1) is 0 Å². The van der Waals surface area contributed by atoms with Crippen molar-refractivity contribution < 1.29 is 9.90 Å². The Labute approximate surface area is 118 Å². The number of phenols is 1. The third-order valence-electron chi connectivity index (χ3n) is 2.61. The third kappa shape index (κ3) is 3.71. The molecule has 0 unspecified atom stereocenters. The van der Waals surface area contributed by atoms with E-state index in [1.165, 1.54) is 0 Å². The number of carbonyl (C=O) groups is 1. The first-order valence-corrected chi connectivity index (χ1v) is 6.86. The maximum Gasteiger partial charge on any atom is 0.255 e. The Bertz CT molecular complexity index is 444. The van der Waals surface area contributed by atoms with Crippen molar-refractivity contribution in [2.24, 2.45) is 0 Å². The average Bonchev–Trinajstić information content (AvgIpc) is 2.22. The van der Waals surface area contributed by atoms with Gasteiger partial charge in [-0.2, -0.15) is 0 Å². The van der Waals surface area contributed by atoms with Gasteiger partial charge in [0.15, 0.2) is 0 Å². The highest BCUT2D eigenvalue weighted by Gasteiger charge is 2.22. The summed E-state index contributed by atoms with van der Waals surface area (Å²) in [6.07, 6.45) is 0.814. The van der Waals surface area contributed by atoms with E-state index in [0.717, 1.165) is 10.9 Å². The van der Waals surface area contributed by atoms with Gasteiger partial charge < -0.3 is 10.4 Å². The summed E-state index contributed by atoms with van der Waals surface area (Å²) in [4.78, 5) is 12.0.